The molecule has 0 spiro atoms. The van der Waals surface area contributed by atoms with Crippen molar-refractivity contribution in [2.45, 2.75) is 32.6 Å². The van der Waals surface area contributed by atoms with Crippen LogP contribution in [0.2, 0.25) is 0 Å². The summed E-state index contributed by atoms with van der Waals surface area (Å²) < 4.78 is 5.32. The van der Waals surface area contributed by atoms with Crippen LogP contribution in [0.3, 0.4) is 0 Å². The summed E-state index contributed by atoms with van der Waals surface area (Å²) in [4.78, 5) is 31.2. The Kier molecular flexibility index (Phi) is 7.50. The van der Waals surface area contributed by atoms with Gasteiger partial charge >= 0.3 is 12.1 Å². The van der Waals surface area contributed by atoms with Crippen molar-refractivity contribution in [2.75, 3.05) is 36.1 Å². The number of rotatable bonds is 5. The number of ether oxygens (including phenoxy) is 1. The number of carbonyl (C=O) groups is 2. The topological polar surface area (TPSA) is 95.6 Å². The summed E-state index contributed by atoms with van der Waals surface area (Å²) >= 11 is 0. The quantitative estimate of drug-likeness (QED) is 0.439. The maximum absolute atomic E-state index is 12.6. The van der Waals surface area contributed by atoms with Crippen molar-refractivity contribution in [3.05, 3.63) is 77.5 Å². The number of urea groups is 2. The van der Waals surface area contributed by atoms with E-state index in [1.165, 1.54) is 5.56 Å². The fourth-order valence-electron chi connectivity index (χ4n) is 4.26. The van der Waals surface area contributed by atoms with E-state index in [-0.39, 0.29) is 12.1 Å². The molecule has 1 aliphatic rings. The molecule has 0 saturated carbocycles. The fourth-order valence-corrected chi connectivity index (χ4v) is 4.26. The lowest BCUT2D eigenvalue weighted by atomic mass is 9.89. The standard InChI is InChI=1S/C27H31N5O3/c1-18-6-11-24(35-3)23(17-18)30-26(33)29-22-9-7-20(8-10-22)21-12-15-32(16-13-21)27(34)31-25-19(2)5-4-14-28-25/h4-11,14,17,21H,12-13,15-16H2,1-3H3,(H,28,31,34)(H2,29,30,33). The predicted molar refractivity (Wildman–Crippen MR) is 138 cm³/mol. The Morgan fingerprint density at radius 2 is 1.71 bits per heavy atom. The van der Waals surface area contributed by atoms with Gasteiger partial charge in [0.05, 0.1) is 12.8 Å². The van der Waals surface area contributed by atoms with Crippen molar-refractivity contribution in [1.29, 1.82) is 0 Å². The van der Waals surface area contributed by atoms with Crippen LogP contribution in [0.1, 0.15) is 35.4 Å². The van der Waals surface area contributed by atoms with Gasteiger partial charge in [-0.05, 0) is 79.6 Å². The molecule has 182 valence electrons. The van der Waals surface area contributed by atoms with E-state index in [0.29, 0.717) is 41.9 Å². The number of carbonyl (C=O) groups excluding carboxylic acids is 2. The Morgan fingerprint density at radius 3 is 2.40 bits per heavy atom. The maximum Gasteiger partial charge on any atom is 0.323 e. The minimum atomic E-state index is -0.330. The molecular formula is C27H31N5O3. The lowest BCUT2D eigenvalue weighted by Crippen LogP contribution is -2.40. The number of nitrogens with zero attached hydrogens (tertiary/aromatic N) is 2. The Hall–Kier alpha value is -4.07. The van der Waals surface area contributed by atoms with E-state index in [1.54, 1.807) is 13.3 Å². The summed E-state index contributed by atoms with van der Waals surface area (Å²) in [5, 5.41) is 8.62. The van der Waals surface area contributed by atoms with Gasteiger partial charge in [-0.3, -0.25) is 5.32 Å². The molecule has 3 aromatic rings. The number of aryl methyl sites for hydroxylation is 2. The molecule has 0 radical (unpaired) electrons. The monoisotopic (exact) mass is 473 g/mol. The number of nitrogens with one attached hydrogen (secondary N) is 3. The molecule has 4 amide bonds. The number of benzene rings is 2. The second kappa shape index (κ2) is 10.9. The second-order valence-corrected chi connectivity index (χ2v) is 8.77. The molecule has 1 saturated heterocycles. The summed E-state index contributed by atoms with van der Waals surface area (Å²) in [5.74, 6) is 1.58. The van der Waals surface area contributed by atoms with Gasteiger partial charge in [-0.15, -0.1) is 0 Å². The molecule has 1 aromatic heterocycles. The first-order chi connectivity index (χ1) is 16.9. The molecule has 2 heterocycles. The number of pyridine rings is 1. The number of amides is 4. The summed E-state index contributed by atoms with van der Waals surface area (Å²) in [5.41, 5.74) is 4.50. The molecule has 0 unspecified atom stereocenters. The van der Waals surface area contributed by atoms with Crippen molar-refractivity contribution in [3.63, 3.8) is 0 Å². The van der Waals surface area contributed by atoms with Gasteiger partial charge in [0.1, 0.15) is 11.6 Å². The second-order valence-electron chi connectivity index (χ2n) is 8.77. The zero-order chi connectivity index (χ0) is 24.8. The zero-order valence-electron chi connectivity index (χ0n) is 20.3. The number of hydrogen-bond acceptors (Lipinski definition) is 4. The van der Waals surface area contributed by atoms with Crippen LogP contribution < -0.4 is 20.7 Å². The highest BCUT2D eigenvalue weighted by atomic mass is 16.5. The third-order valence-corrected chi connectivity index (χ3v) is 6.26. The molecule has 2 aromatic carbocycles. The van der Waals surface area contributed by atoms with Crippen molar-refractivity contribution in [1.82, 2.24) is 9.88 Å². The lowest BCUT2D eigenvalue weighted by Gasteiger charge is -2.32. The highest BCUT2D eigenvalue weighted by Crippen LogP contribution is 2.30. The molecule has 0 bridgehead atoms. The van der Waals surface area contributed by atoms with Crippen LogP contribution in [0.5, 0.6) is 5.75 Å². The molecule has 0 atom stereocenters. The van der Waals surface area contributed by atoms with E-state index in [4.69, 9.17) is 4.74 Å². The smallest absolute Gasteiger partial charge is 0.323 e. The third-order valence-electron chi connectivity index (χ3n) is 6.26. The molecule has 3 N–H and O–H groups in total. The first-order valence-electron chi connectivity index (χ1n) is 11.7. The zero-order valence-corrected chi connectivity index (χ0v) is 20.3. The number of aromatic nitrogens is 1. The van der Waals surface area contributed by atoms with Crippen LogP contribution in [0, 0.1) is 13.8 Å². The summed E-state index contributed by atoms with van der Waals surface area (Å²) in [6.07, 6.45) is 3.44. The molecule has 1 aliphatic heterocycles. The average molecular weight is 474 g/mol. The Bertz CT molecular complexity index is 1190. The minimum absolute atomic E-state index is 0.110. The van der Waals surface area contributed by atoms with Crippen LogP contribution in [-0.2, 0) is 0 Å². The van der Waals surface area contributed by atoms with Crippen LogP contribution in [0.4, 0.5) is 26.8 Å². The van der Waals surface area contributed by atoms with E-state index in [1.807, 2.05) is 73.3 Å². The molecule has 0 aliphatic carbocycles. The van der Waals surface area contributed by atoms with Crippen molar-refractivity contribution in [3.8, 4) is 5.75 Å². The summed E-state index contributed by atoms with van der Waals surface area (Å²) in [7, 11) is 1.57. The number of methoxy groups -OCH3 is 1. The van der Waals surface area contributed by atoms with Crippen LogP contribution in [0.15, 0.2) is 60.8 Å². The number of piperidine rings is 1. The van der Waals surface area contributed by atoms with Gasteiger partial charge < -0.3 is 20.3 Å². The maximum atomic E-state index is 12.6. The molecule has 1 fully saturated rings. The first-order valence-corrected chi connectivity index (χ1v) is 11.7. The lowest BCUT2D eigenvalue weighted by molar-refractivity contribution is 0.194. The van der Waals surface area contributed by atoms with Gasteiger partial charge in [-0.2, -0.15) is 0 Å². The van der Waals surface area contributed by atoms with E-state index in [2.05, 4.69) is 20.9 Å². The first kappa shape index (κ1) is 24.1. The van der Waals surface area contributed by atoms with Gasteiger partial charge in [0.2, 0.25) is 0 Å². The average Bonchev–Trinajstić information content (AvgIpc) is 2.86. The van der Waals surface area contributed by atoms with Gasteiger partial charge in [0.15, 0.2) is 0 Å². The summed E-state index contributed by atoms with van der Waals surface area (Å²) in [6.45, 7) is 5.25. The van der Waals surface area contributed by atoms with E-state index in [0.717, 1.165) is 24.0 Å². The predicted octanol–water partition coefficient (Wildman–Crippen LogP) is 5.76. The van der Waals surface area contributed by atoms with Crippen molar-refractivity contribution < 1.29 is 14.3 Å². The van der Waals surface area contributed by atoms with Gasteiger partial charge in [-0.1, -0.05) is 24.3 Å². The van der Waals surface area contributed by atoms with Crippen molar-refractivity contribution >= 4 is 29.3 Å². The number of likely N-dealkylation sites (tertiary alicyclic amines) is 1. The van der Waals surface area contributed by atoms with Gasteiger partial charge in [0.25, 0.3) is 0 Å². The third kappa shape index (κ3) is 6.09. The van der Waals surface area contributed by atoms with E-state index >= 15 is 0 Å². The van der Waals surface area contributed by atoms with E-state index in [9.17, 15) is 9.59 Å². The molecule has 35 heavy (non-hydrogen) atoms. The van der Waals surface area contributed by atoms with Gasteiger partial charge in [-0.25, -0.2) is 14.6 Å². The normalized spacial score (nSPS) is 13.7. The van der Waals surface area contributed by atoms with Crippen LogP contribution in [-0.4, -0.2) is 42.1 Å². The Morgan fingerprint density at radius 1 is 0.971 bits per heavy atom. The van der Waals surface area contributed by atoms with Gasteiger partial charge in [0, 0.05) is 25.0 Å². The number of anilines is 3. The van der Waals surface area contributed by atoms with Crippen LogP contribution in [0.25, 0.3) is 0 Å². The fraction of sp³-hybridized carbons (Fsp3) is 0.296. The Labute approximate surface area is 205 Å². The molecule has 4 rings (SSSR count). The molecular weight excluding hydrogens is 442 g/mol. The van der Waals surface area contributed by atoms with E-state index < -0.39 is 0 Å². The summed E-state index contributed by atoms with van der Waals surface area (Å²) in [6, 6.07) is 16.9. The molecule has 8 heteroatoms. The molecule has 8 nitrogen and oxygen atoms in total. The SMILES string of the molecule is COc1ccc(C)cc1NC(=O)Nc1ccc(C2CCN(C(=O)Nc3ncccc3C)CC2)cc1. The Balaban J connectivity index is 1.29. The highest BCUT2D eigenvalue weighted by Gasteiger charge is 2.24. The minimum Gasteiger partial charge on any atom is -0.495 e. The largest absolute Gasteiger partial charge is 0.495 e. The van der Waals surface area contributed by atoms with Crippen molar-refractivity contribution in [2.24, 2.45) is 0 Å². The van der Waals surface area contributed by atoms with Crippen LogP contribution >= 0.6 is 0 Å². The highest BCUT2D eigenvalue weighted by molar-refractivity contribution is 6.00. The number of hydrogen-bond donors (Lipinski definition) is 3.